The molecule has 0 bridgehead atoms. The number of ether oxygens (including phenoxy) is 2. The molecule has 10 nitrogen and oxygen atoms in total. The molecular formula is C12H15N5O5S. The molecule has 1 atom stereocenters. The Hall–Kier alpha value is -2.30. The van der Waals surface area contributed by atoms with E-state index in [1.807, 2.05) is 13.8 Å². The number of β-lactam (4-membered cyclic amide) rings is 1. The molecule has 0 aliphatic carbocycles. The largest absolute Gasteiger partial charge is 0.512 e. The summed E-state index contributed by atoms with van der Waals surface area (Å²) < 4.78 is 12.1. The third kappa shape index (κ3) is 2.71. The highest BCUT2D eigenvalue weighted by Gasteiger charge is 2.52. The van der Waals surface area contributed by atoms with Crippen LogP contribution in [0.2, 0.25) is 0 Å². The monoisotopic (exact) mass is 341 g/mol. The lowest BCUT2D eigenvalue weighted by Crippen LogP contribution is -2.49. The molecule has 11 heteroatoms. The highest BCUT2D eigenvalue weighted by atomic mass is 32.2. The molecule has 0 radical (unpaired) electrons. The predicted octanol–water partition coefficient (Wildman–Crippen LogP) is 0.781. The molecule has 3 heterocycles. The number of fused-ring (bicyclic) bond motifs is 1. The van der Waals surface area contributed by atoms with Crippen LogP contribution in [-0.4, -0.2) is 54.3 Å². The molecule has 1 aromatic heterocycles. The van der Waals surface area contributed by atoms with E-state index >= 15 is 0 Å². The summed E-state index contributed by atoms with van der Waals surface area (Å²) >= 11 is 1.40. The van der Waals surface area contributed by atoms with Gasteiger partial charge < -0.3 is 14.6 Å². The molecular weight excluding hydrogens is 326 g/mol. The minimum atomic E-state index is -1.48. The molecule has 1 unspecified atom stereocenters. The van der Waals surface area contributed by atoms with E-state index in [1.54, 1.807) is 7.05 Å². The summed E-state index contributed by atoms with van der Waals surface area (Å²) in [6.07, 6.45) is -1.75. The van der Waals surface area contributed by atoms with Crippen LogP contribution in [0.3, 0.4) is 0 Å². The van der Waals surface area contributed by atoms with E-state index in [0.717, 1.165) is 0 Å². The first kappa shape index (κ1) is 15.6. The van der Waals surface area contributed by atoms with Gasteiger partial charge in [0.1, 0.15) is 0 Å². The van der Waals surface area contributed by atoms with E-state index in [-0.39, 0.29) is 18.2 Å². The van der Waals surface area contributed by atoms with Crippen molar-refractivity contribution in [1.29, 1.82) is 0 Å². The maximum atomic E-state index is 11.7. The van der Waals surface area contributed by atoms with E-state index in [0.29, 0.717) is 16.7 Å². The molecule has 3 rings (SSSR count). The summed E-state index contributed by atoms with van der Waals surface area (Å²) in [6.45, 7) is 3.75. The Kier molecular flexibility index (Phi) is 3.66. The summed E-state index contributed by atoms with van der Waals surface area (Å²) in [5.41, 5.74) is -0.584. The van der Waals surface area contributed by atoms with Crippen LogP contribution < -0.4 is 0 Å². The molecule has 0 spiro atoms. The molecule has 1 aromatic rings. The van der Waals surface area contributed by atoms with E-state index in [4.69, 9.17) is 14.6 Å². The lowest BCUT2D eigenvalue weighted by Gasteiger charge is -2.32. The first-order chi connectivity index (χ1) is 10.8. The van der Waals surface area contributed by atoms with E-state index in [9.17, 15) is 9.59 Å². The number of carbonyl (C=O) groups excluding carboxylic acids is 1. The van der Waals surface area contributed by atoms with Crippen molar-refractivity contribution in [1.82, 2.24) is 25.1 Å². The first-order valence-electron chi connectivity index (χ1n) is 6.79. The molecule has 0 aromatic carbocycles. The number of hydrogen-bond donors (Lipinski definition) is 1. The van der Waals surface area contributed by atoms with Gasteiger partial charge in [0.25, 0.3) is 5.88 Å². The Balaban J connectivity index is 1.82. The number of nitrogens with zero attached hydrogens (tertiary/aromatic N) is 5. The van der Waals surface area contributed by atoms with Gasteiger partial charge in [0, 0.05) is 18.2 Å². The number of aromatic nitrogens is 4. The average Bonchev–Trinajstić information content (AvgIpc) is 2.96. The molecule has 1 fully saturated rings. The second-order valence-corrected chi connectivity index (χ2v) is 6.74. The van der Waals surface area contributed by atoms with Crippen molar-refractivity contribution in [3.8, 4) is 0 Å². The lowest BCUT2D eigenvalue weighted by molar-refractivity contribution is -0.158. The van der Waals surface area contributed by atoms with Gasteiger partial charge in [0.15, 0.2) is 12.0 Å². The third-order valence-corrected chi connectivity index (χ3v) is 4.98. The van der Waals surface area contributed by atoms with Crippen molar-refractivity contribution >= 4 is 23.8 Å². The number of carboxylic acid groups (broad SMARTS) is 1. The van der Waals surface area contributed by atoms with Crippen molar-refractivity contribution in [3.05, 3.63) is 11.6 Å². The van der Waals surface area contributed by atoms with Crippen LogP contribution in [0, 0.1) is 5.41 Å². The zero-order valence-electron chi connectivity index (χ0n) is 12.7. The van der Waals surface area contributed by atoms with Crippen LogP contribution in [0.5, 0.6) is 0 Å². The van der Waals surface area contributed by atoms with E-state index in [1.165, 1.54) is 21.3 Å². The summed E-state index contributed by atoms with van der Waals surface area (Å²) in [4.78, 5) is 23.8. The van der Waals surface area contributed by atoms with Gasteiger partial charge in [0.05, 0.1) is 6.42 Å². The maximum absolute atomic E-state index is 11.7. The van der Waals surface area contributed by atoms with Crippen LogP contribution in [0.4, 0.5) is 4.79 Å². The average molecular weight is 341 g/mol. The highest BCUT2D eigenvalue weighted by molar-refractivity contribution is 7.99. The number of aryl methyl sites for hydroxylation is 1. The standard InChI is InChI=1S/C12H15N5O5S/c1-12(2,5-23-10-13-14-15-16(10)3)8-9(22-11(19)20)17-6(18)4-7(17)21-8/h7H,4-5H2,1-3H3,(H,19,20). The Morgan fingerprint density at radius 1 is 1.57 bits per heavy atom. The van der Waals surface area contributed by atoms with Gasteiger partial charge in [-0.05, 0) is 10.4 Å². The number of hydrogen-bond acceptors (Lipinski definition) is 8. The minimum absolute atomic E-state index is 0.0413. The molecule has 2 aliphatic heterocycles. The Labute approximate surface area is 135 Å². The summed E-state index contributed by atoms with van der Waals surface area (Å²) in [7, 11) is 1.73. The number of thioether (sulfide) groups is 1. The van der Waals surface area contributed by atoms with Crippen LogP contribution in [-0.2, 0) is 21.3 Å². The van der Waals surface area contributed by atoms with Crippen molar-refractivity contribution in [2.75, 3.05) is 5.75 Å². The van der Waals surface area contributed by atoms with Gasteiger partial charge in [0.2, 0.25) is 11.1 Å². The third-order valence-electron chi connectivity index (χ3n) is 3.51. The minimum Gasteiger partial charge on any atom is -0.468 e. The van der Waals surface area contributed by atoms with Gasteiger partial charge in [-0.25, -0.2) is 14.4 Å². The van der Waals surface area contributed by atoms with Crippen molar-refractivity contribution in [3.63, 3.8) is 0 Å². The predicted molar refractivity (Wildman–Crippen MR) is 75.8 cm³/mol. The van der Waals surface area contributed by atoms with E-state index in [2.05, 4.69) is 15.5 Å². The second-order valence-electron chi connectivity index (χ2n) is 5.80. The summed E-state index contributed by atoms with van der Waals surface area (Å²) in [6, 6.07) is 0. The highest BCUT2D eigenvalue weighted by Crippen LogP contribution is 2.45. The topological polar surface area (TPSA) is 120 Å². The Morgan fingerprint density at radius 2 is 2.30 bits per heavy atom. The van der Waals surface area contributed by atoms with Crippen LogP contribution in [0.1, 0.15) is 20.3 Å². The molecule has 23 heavy (non-hydrogen) atoms. The number of amides is 1. The van der Waals surface area contributed by atoms with E-state index < -0.39 is 17.8 Å². The molecule has 124 valence electrons. The van der Waals surface area contributed by atoms with Gasteiger partial charge in [-0.2, -0.15) is 0 Å². The molecule has 1 amide bonds. The van der Waals surface area contributed by atoms with Crippen molar-refractivity contribution in [2.45, 2.75) is 31.7 Å². The van der Waals surface area contributed by atoms with Gasteiger partial charge in [-0.3, -0.25) is 4.79 Å². The normalized spacial score (nSPS) is 20.2. The quantitative estimate of drug-likeness (QED) is 0.470. The maximum Gasteiger partial charge on any atom is 0.512 e. The van der Waals surface area contributed by atoms with Crippen molar-refractivity contribution < 1.29 is 24.2 Å². The van der Waals surface area contributed by atoms with Crippen LogP contribution >= 0.6 is 11.8 Å². The first-order valence-corrected chi connectivity index (χ1v) is 7.77. The Morgan fingerprint density at radius 3 is 2.87 bits per heavy atom. The number of tetrazole rings is 1. The fraction of sp³-hybridized carbons (Fsp3) is 0.583. The van der Waals surface area contributed by atoms with Gasteiger partial charge >= 0.3 is 6.16 Å². The zero-order valence-corrected chi connectivity index (χ0v) is 13.5. The van der Waals surface area contributed by atoms with Crippen molar-refractivity contribution in [2.24, 2.45) is 12.5 Å². The number of allylic oxidation sites excluding steroid dienone is 1. The smallest absolute Gasteiger partial charge is 0.468 e. The lowest BCUT2D eigenvalue weighted by atomic mass is 9.93. The SMILES string of the molecule is Cn1nnnc1SCC(C)(C)C1=C(OC(=O)O)N2C(=O)CC2O1. The number of rotatable bonds is 5. The fourth-order valence-electron chi connectivity index (χ4n) is 2.30. The van der Waals surface area contributed by atoms with Crippen LogP contribution in [0.25, 0.3) is 0 Å². The summed E-state index contributed by atoms with van der Waals surface area (Å²) in [5.74, 6) is 0.596. The summed E-state index contributed by atoms with van der Waals surface area (Å²) in [5, 5.41) is 20.7. The molecule has 2 aliphatic rings. The van der Waals surface area contributed by atoms with Gasteiger partial charge in [-0.1, -0.05) is 25.6 Å². The number of carbonyl (C=O) groups is 2. The molecule has 1 N–H and O–H groups in total. The van der Waals surface area contributed by atoms with Crippen LogP contribution in [0.15, 0.2) is 16.8 Å². The molecule has 0 saturated carbocycles. The second kappa shape index (κ2) is 5.41. The zero-order chi connectivity index (χ0) is 16.8. The van der Waals surface area contributed by atoms with Gasteiger partial charge in [-0.15, -0.1) is 5.10 Å². The Bertz CT molecular complexity index is 700. The molecule has 1 saturated heterocycles. The fourth-order valence-corrected chi connectivity index (χ4v) is 3.24.